The maximum Gasteiger partial charge on any atom is 0.349 e. The molecule has 2 rings (SSSR count). The highest BCUT2D eigenvalue weighted by molar-refractivity contribution is 5.48. The Balaban J connectivity index is 2.83. The molecule has 84 valence electrons. The van der Waals surface area contributed by atoms with E-state index in [0.29, 0.717) is 0 Å². The van der Waals surface area contributed by atoms with Crippen LogP contribution in [0.15, 0.2) is 15.8 Å². The van der Waals surface area contributed by atoms with Gasteiger partial charge in [-0.05, 0) is 6.92 Å². The molecule has 0 radical (unpaired) electrons. The van der Waals surface area contributed by atoms with Crippen LogP contribution in [0.5, 0.6) is 0 Å². The number of aryl methyl sites for hydroxylation is 1. The van der Waals surface area contributed by atoms with Gasteiger partial charge in [0.25, 0.3) is 5.56 Å². The van der Waals surface area contributed by atoms with Gasteiger partial charge < -0.3 is 9.67 Å². The summed E-state index contributed by atoms with van der Waals surface area (Å²) < 4.78 is 1.58. The molecule has 0 atom stereocenters. The van der Waals surface area contributed by atoms with Crippen LogP contribution in [0.2, 0.25) is 0 Å². The first-order valence-corrected chi connectivity index (χ1v) is 4.71. The molecule has 2 aliphatic rings. The first-order valence-electron chi connectivity index (χ1n) is 4.71. The second-order valence-corrected chi connectivity index (χ2v) is 3.32. The average Bonchev–Trinajstić information content (AvgIpc) is 2.22. The molecule has 2 N–H and O–H groups in total. The SMILES string of the molecule is Cc1cnc2c(=O)[nH]c(=O)nc-2n1CCO. The first kappa shape index (κ1) is 10.5. The maximum absolute atomic E-state index is 11.4. The number of rotatable bonds is 2. The van der Waals surface area contributed by atoms with Gasteiger partial charge in [-0.2, -0.15) is 4.98 Å². The Morgan fingerprint density at radius 2 is 2.25 bits per heavy atom. The fourth-order valence-corrected chi connectivity index (χ4v) is 1.52. The van der Waals surface area contributed by atoms with Crippen LogP contribution in [-0.2, 0) is 6.54 Å². The van der Waals surface area contributed by atoms with Crippen LogP contribution in [0.4, 0.5) is 0 Å². The van der Waals surface area contributed by atoms with Crippen LogP contribution in [0.25, 0.3) is 11.5 Å². The van der Waals surface area contributed by atoms with Crippen molar-refractivity contribution in [1.82, 2.24) is 19.5 Å². The molecule has 7 heteroatoms. The van der Waals surface area contributed by atoms with Gasteiger partial charge in [-0.25, -0.2) is 9.78 Å². The van der Waals surface area contributed by atoms with Crippen molar-refractivity contribution < 1.29 is 5.11 Å². The van der Waals surface area contributed by atoms with Crippen LogP contribution in [0.3, 0.4) is 0 Å². The predicted molar refractivity (Wildman–Crippen MR) is 55.4 cm³/mol. The summed E-state index contributed by atoms with van der Waals surface area (Å²) in [6.07, 6.45) is 1.50. The topological polar surface area (TPSA) is 101 Å². The van der Waals surface area contributed by atoms with E-state index >= 15 is 0 Å². The van der Waals surface area contributed by atoms with Gasteiger partial charge in [0, 0.05) is 18.4 Å². The number of aliphatic hydroxyl groups excluding tert-OH is 1. The molecule has 0 amide bonds. The minimum absolute atomic E-state index is 0.0960. The highest BCUT2D eigenvalue weighted by atomic mass is 16.3. The summed E-state index contributed by atoms with van der Waals surface area (Å²) in [6, 6.07) is 0. The van der Waals surface area contributed by atoms with E-state index in [2.05, 4.69) is 9.97 Å². The van der Waals surface area contributed by atoms with Crippen LogP contribution in [-0.4, -0.2) is 31.2 Å². The predicted octanol–water partition coefficient (Wildman–Crippen LogP) is -1.27. The van der Waals surface area contributed by atoms with Crippen molar-refractivity contribution in [3.63, 3.8) is 0 Å². The van der Waals surface area contributed by atoms with E-state index in [4.69, 9.17) is 5.11 Å². The van der Waals surface area contributed by atoms with E-state index < -0.39 is 11.2 Å². The number of aliphatic hydroxyl groups is 1. The summed E-state index contributed by atoms with van der Waals surface area (Å²) >= 11 is 0. The van der Waals surface area contributed by atoms with Gasteiger partial charge in [-0.15, -0.1) is 0 Å². The lowest BCUT2D eigenvalue weighted by Gasteiger charge is -2.14. The Morgan fingerprint density at radius 3 is 2.94 bits per heavy atom. The monoisotopic (exact) mass is 222 g/mol. The summed E-state index contributed by atoms with van der Waals surface area (Å²) in [6.45, 7) is 1.92. The van der Waals surface area contributed by atoms with Gasteiger partial charge in [-0.1, -0.05) is 0 Å². The van der Waals surface area contributed by atoms with E-state index in [1.165, 1.54) is 6.20 Å². The number of fused-ring (bicyclic) bond motifs is 1. The third-order valence-electron chi connectivity index (χ3n) is 2.24. The number of hydrogen-bond acceptors (Lipinski definition) is 5. The Labute approximate surface area is 89.8 Å². The fraction of sp³-hybridized carbons (Fsp3) is 0.333. The standard InChI is InChI=1S/C9H10N4O3/c1-5-4-10-6-7(13(5)2-3-14)11-9(16)12-8(6)15/h4,14H,2-3H2,1H3,(H,12,15,16). The molecule has 2 aliphatic heterocycles. The minimum Gasteiger partial charge on any atom is -0.395 e. The summed E-state index contributed by atoms with van der Waals surface area (Å²) in [4.78, 5) is 32.2. The van der Waals surface area contributed by atoms with E-state index in [9.17, 15) is 9.59 Å². The Morgan fingerprint density at radius 1 is 1.50 bits per heavy atom. The highest BCUT2D eigenvalue weighted by Gasteiger charge is 2.15. The summed E-state index contributed by atoms with van der Waals surface area (Å²) in [7, 11) is 0. The molecule has 0 saturated carbocycles. The largest absolute Gasteiger partial charge is 0.395 e. The summed E-state index contributed by atoms with van der Waals surface area (Å²) in [5.74, 6) is 0.197. The molecule has 0 aromatic carbocycles. The van der Waals surface area contributed by atoms with E-state index in [1.54, 1.807) is 11.5 Å². The first-order chi connectivity index (χ1) is 7.63. The van der Waals surface area contributed by atoms with Crippen molar-refractivity contribution in [2.24, 2.45) is 0 Å². The second kappa shape index (κ2) is 3.86. The Hall–Kier alpha value is -2.02. The molecule has 2 heterocycles. The zero-order chi connectivity index (χ0) is 11.7. The molecule has 0 aromatic heterocycles. The molecule has 0 aliphatic carbocycles. The lowest BCUT2D eigenvalue weighted by molar-refractivity contribution is 0.274. The Bertz CT molecular complexity index is 601. The third-order valence-corrected chi connectivity index (χ3v) is 2.24. The molecule has 16 heavy (non-hydrogen) atoms. The number of hydrogen-bond donors (Lipinski definition) is 2. The van der Waals surface area contributed by atoms with Crippen LogP contribution >= 0.6 is 0 Å². The highest BCUT2D eigenvalue weighted by Crippen LogP contribution is 2.11. The lowest BCUT2D eigenvalue weighted by atomic mass is 10.3. The minimum atomic E-state index is -0.711. The van der Waals surface area contributed by atoms with Gasteiger partial charge in [-0.3, -0.25) is 9.78 Å². The number of nitrogens with zero attached hydrogens (tertiary/aromatic N) is 3. The number of aromatic amines is 1. The molecule has 0 aromatic rings. The molecular weight excluding hydrogens is 212 g/mol. The second-order valence-electron chi connectivity index (χ2n) is 3.32. The van der Waals surface area contributed by atoms with Crippen LogP contribution < -0.4 is 11.2 Å². The van der Waals surface area contributed by atoms with E-state index in [-0.39, 0.29) is 24.7 Å². The van der Waals surface area contributed by atoms with Gasteiger partial charge in [0.1, 0.15) is 0 Å². The number of aromatic nitrogens is 4. The molecule has 0 spiro atoms. The quantitative estimate of drug-likeness (QED) is 0.660. The normalized spacial score (nSPS) is 10.9. The van der Waals surface area contributed by atoms with Crippen molar-refractivity contribution in [2.75, 3.05) is 6.61 Å². The molecular formula is C9H10N4O3. The van der Waals surface area contributed by atoms with Crippen molar-refractivity contribution in [3.8, 4) is 11.5 Å². The maximum atomic E-state index is 11.4. The van der Waals surface area contributed by atoms with Crippen LogP contribution in [0, 0.1) is 6.92 Å². The van der Waals surface area contributed by atoms with Gasteiger partial charge in [0.2, 0.25) is 0 Å². The molecule has 0 unspecified atom stereocenters. The van der Waals surface area contributed by atoms with Crippen molar-refractivity contribution in [2.45, 2.75) is 13.5 Å². The summed E-state index contributed by atoms with van der Waals surface area (Å²) in [5.41, 5.74) is -0.462. The zero-order valence-corrected chi connectivity index (χ0v) is 8.60. The van der Waals surface area contributed by atoms with Crippen molar-refractivity contribution in [3.05, 3.63) is 32.7 Å². The van der Waals surface area contributed by atoms with Gasteiger partial charge in [0.15, 0.2) is 11.5 Å². The average molecular weight is 222 g/mol. The van der Waals surface area contributed by atoms with E-state index in [1.807, 2.05) is 4.98 Å². The Kier molecular flexibility index (Phi) is 2.53. The fourth-order valence-electron chi connectivity index (χ4n) is 1.52. The molecule has 0 fully saturated rings. The molecule has 0 saturated heterocycles. The lowest BCUT2D eigenvalue weighted by Crippen LogP contribution is -2.29. The number of H-pyrrole nitrogens is 1. The zero-order valence-electron chi connectivity index (χ0n) is 8.60. The molecule has 0 bridgehead atoms. The van der Waals surface area contributed by atoms with Crippen molar-refractivity contribution in [1.29, 1.82) is 0 Å². The number of nitrogens with one attached hydrogen (secondary N) is 1. The smallest absolute Gasteiger partial charge is 0.349 e. The van der Waals surface area contributed by atoms with Crippen molar-refractivity contribution >= 4 is 0 Å². The third kappa shape index (κ3) is 1.61. The van der Waals surface area contributed by atoms with Gasteiger partial charge in [0.05, 0.1) is 6.61 Å². The van der Waals surface area contributed by atoms with E-state index in [0.717, 1.165) is 5.69 Å². The van der Waals surface area contributed by atoms with Gasteiger partial charge >= 0.3 is 5.69 Å². The van der Waals surface area contributed by atoms with Crippen LogP contribution in [0.1, 0.15) is 5.69 Å². The molecule has 7 nitrogen and oxygen atoms in total. The summed E-state index contributed by atoms with van der Waals surface area (Å²) in [5, 5.41) is 8.91.